The molecule has 0 aromatic heterocycles. The molecule has 1 aromatic rings. The SMILES string of the molecule is Cc1cc(C)c(C)c(C(=O)[O-])c1. The van der Waals surface area contributed by atoms with Crippen LogP contribution in [0, 0.1) is 20.8 Å². The Bertz CT molecular complexity index is 327. The molecule has 1 aromatic carbocycles. The summed E-state index contributed by atoms with van der Waals surface area (Å²) >= 11 is 0. The van der Waals surface area contributed by atoms with Gasteiger partial charge in [-0.3, -0.25) is 0 Å². The highest BCUT2D eigenvalue weighted by molar-refractivity contribution is 5.88. The normalized spacial score (nSPS) is 9.92. The van der Waals surface area contributed by atoms with Gasteiger partial charge < -0.3 is 9.90 Å². The molecule has 0 amide bonds. The van der Waals surface area contributed by atoms with E-state index in [2.05, 4.69) is 0 Å². The maximum Gasteiger partial charge on any atom is 0.0718 e. The average molecular weight is 163 g/mol. The van der Waals surface area contributed by atoms with Crippen LogP contribution in [-0.4, -0.2) is 5.97 Å². The van der Waals surface area contributed by atoms with E-state index in [1.54, 1.807) is 13.0 Å². The highest BCUT2D eigenvalue weighted by atomic mass is 16.4. The molecule has 0 spiro atoms. The molecule has 0 saturated heterocycles. The maximum atomic E-state index is 10.6. The summed E-state index contributed by atoms with van der Waals surface area (Å²) in [6.45, 7) is 5.56. The zero-order chi connectivity index (χ0) is 9.30. The second kappa shape index (κ2) is 2.97. The quantitative estimate of drug-likeness (QED) is 0.619. The lowest BCUT2D eigenvalue weighted by Crippen LogP contribution is -2.23. The Morgan fingerprint density at radius 2 is 1.83 bits per heavy atom. The van der Waals surface area contributed by atoms with Gasteiger partial charge in [0.05, 0.1) is 5.97 Å². The first-order valence-corrected chi connectivity index (χ1v) is 3.81. The van der Waals surface area contributed by atoms with Crippen molar-refractivity contribution in [2.45, 2.75) is 20.8 Å². The number of carboxylic acid groups (broad SMARTS) is 1. The number of carboxylic acids is 1. The fourth-order valence-corrected chi connectivity index (χ4v) is 1.25. The highest BCUT2D eigenvalue weighted by Crippen LogP contribution is 2.14. The van der Waals surface area contributed by atoms with Crippen LogP contribution >= 0.6 is 0 Å². The Morgan fingerprint density at radius 1 is 1.25 bits per heavy atom. The maximum absolute atomic E-state index is 10.6. The van der Waals surface area contributed by atoms with Gasteiger partial charge in [0, 0.05) is 5.56 Å². The minimum absolute atomic E-state index is 0.299. The van der Waals surface area contributed by atoms with Crippen molar-refractivity contribution < 1.29 is 9.90 Å². The van der Waals surface area contributed by atoms with Gasteiger partial charge in [-0.25, -0.2) is 0 Å². The number of benzene rings is 1. The zero-order valence-electron chi connectivity index (χ0n) is 7.47. The van der Waals surface area contributed by atoms with E-state index in [4.69, 9.17) is 0 Å². The Balaban J connectivity index is 3.37. The van der Waals surface area contributed by atoms with Gasteiger partial charge in [-0.15, -0.1) is 0 Å². The monoisotopic (exact) mass is 163 g/mol. The number of hydrogen-bond acceptors (Lipinski definition) is 2. The molecule has 0 saturated carbocycles. The third-order valence-corrected chi connectivity index (χ3v) is 2.03. The van der Waals surface area contributed by atoms with Gasteiger partial charge in [0.25, 0.3) is 0 Å². The average Bonchev–Trinajstić information content (AvgIpc) is 1.96. The predicted molar refractivity (Wildman–Crippen MR) is 45.0 cm³/mol. The number of aromatic carboxylic acids is 1. The zero-order valence-corrected chi connectivity index (χ0v) is 7.47. The number of hydrogen-bond donors (Lipinski definition) is 0. The molecule has 2 nitrogen and oxygen atoms in total. The van der Waals surface area contributed by atoms with Crippen LogP contribution in [0.3, 0.4) is 0 Å². The van der Waals surface area contributed by atoms with E-state index in [0.29, 0.717) is 5.56 Å². The summed E-state index contributed by atoms with van der Waals surface area (Å²) in [4.78, 5) is 10.6. The van der Waals surface area contributed by atoms with Crippen molar-refractivity contribution in [3.63, 3.8) is 0 Å². The number of rotatable bonds is 1. The van der Waals surface area contributed by atoms with E-state index in [9.17, 15) is 9.90 Å². The molecule has 0 unspecified atom stereocenters. The molecule has 0 bridgehead atoms. The van der Waals surface area contributed by atoms with E-state index >= 15 is 0 Å². The lowest BCUT2D eigenvalue weighted by Gasteiger charge is -2.10. The van der Waals surface area contributed by atoms with Crippen LogP contribution in [-0.2, 0) is 0 Å². The lowest BCUT2D eigenvalue weighted by atomic mass is 10.0. The van der Waals surface area contributed by atoms with Crippen molar-refractivity contribution in [2.75, 3.05) is 0 Å². The van der Waals surface area contributed by atoms with Crippen molar-refractivity contribution >= 4 is 5.97 Å². The van der Waals surface area contributed by atoms with E-state index in [1.807, 2.05) is 19.9 Å². The number of aryl methyl sites for hydroxylation is 2. The lowest BCUT2D eigenvalue weighted by molar-refractivity contribution is -0.255. The van der Waals surface area contributed by atoms with E-state index in [-0.39, 0.29) is 0 Å². The van der Waals surface area contributed by atoms with Gasteiger partial charge >= 0.3 is 0 Å². The van der Waals surface area contributed by atoms with Crippen molar-refractivity contribution in [2.24, 2.45) is 0 Å². The predicted octanol–water partition coefficient (Wildman–Crippen LogP) is 0.975. The molecule has 0 fully saturated rings. The van der Waals surface area contributed by atoms with Crippen molar-refractivity contribution in [1.29, 1.82) is 0 Å². The first-order chi connectivity index (χ1) is 5.52. The first kappa shape index (κ1) is 8.78. The summed E-state index contributed by atoms with van der Waals surface area (Å²) in [6.07, 6.45) is 0. The molecule has 2 heteroatoms. The van der Waals surface area contributed by atoms with Crippen LogP contribution in [0.15, 0.2) is 12.1 Å². The molecule has 64 valence electrons. The van der Waals surface area contributed by atoms with Gasteiger partial charge in [-0.2, -0.15) is 0 Å². The molecular weight excluding hydrogens is 152 g/mol. The van der Waals surface area contributed by atoms with Gasteiger partial charge in [0.2, 0.25) is 0 Å². The summed E-state index contributed by atoms with van der Waals surface area (Å²) in [5.41, 5.74) is 3.04. The van der Waals surface area contributed by atoms with Crippen LogP contribution in [0.4, 0.5) is 0 Å². The van der Waals surface area contributed by atoms with E-state index in [0.717, 1.165) is 16.7 Å². The van der Waals surface area contributed by atoms with E-state index < -0.39 is 5.97 Å². The molecule has 1 rings (SSSR count). The molecule has 0 aliphatic rings. The second-order valence-corrected chi connectivity index (χ2v) is 3.04. The first-order valence-electron chi connectivity index (χ1n) is 3.81. The molecule has 0 aliphatic heterocycles. The van der Waals surface area contributed by atoms with Gasteiger partial charge in [0.15, 0.2) is 0 Å². The van der Waals surface area contributed by atoms with Gasteiger partial charge in [-0.05, 0) is 38.0 Å². The second-order valence-electron chi connectivity index (χ2n) is 3.04. The Morgan fingerprint density at radius 3 is 2.33 bits per heavy atom. The van der Waals surface area contributed by atoms with Gasteiger partial charge in [0.1, 0.15) is 0 Å². The molecule has 0 N–H and O–H groups in total. The summed E-state index contributed by atoms with van der Waals surface area (Å²) in [6, 6.07) is 3.60. The fourth-order valence-electron chi connectivity index (χ4n) is 1.25. The Hall–Kier alpha value is -1.31. The molecule has 0 heterocycles. The summed E-state index contributed by atoms with van der Waals surface area (Å²) in [7, 11) is 0. The van der Waals surface area contributed by atoms with Gasteiger partial charge in [-0.1, -0.05) is 11.6 Å². The van der Waals surface area contributed by atoms with Crippen LogP contribution < -0.4 is 5.11 Å². The third kappa shape index (κ3) is 1.47. The third-order valence-electron chi connectivity index (χ3n) is 2.03. The summed E-state index contributed by atoms with van der Waals surface area (Å²) < 4.78 is 0. The Kier molecular flexibility index (Phi) is 2.18. The van der Waals surface area contributed by atoms with Crippen LogP contribution in [0.1, 0.15) is 27.0 Å². The minimum Gasteiger partial charge on any atom is -0.545 e. The Labute approximate surface area is 71.8 Å². The molecular formula is C10H11O2-. The molecule has 0 radical (unpaired) electrons. The van der Waals surface area contributed by atoms with Crippen molar-refractivity contribution in [3.8, 4) is 0 Å². The molecule has 0 atom stereocenters. The van der Waals surface area contributed by atoms with Crippen LogP contribution in [0.25, 0.3) is 0 Å². The van der Waals surface area contributed by atoms with Crippen LogP contribution in [0.2, 0.25) is 0 Å². The number of carbonyl (C=O) groups excluding carboxylic acids is 1. The molecule has 0 aliphatic carbocycles. The topological polar surface area (TPSA) is 40.1 Å². The largest absolute Gasteiger partial charge is 0.545 e. The van der Waals surface area contributed by atoms with Crippen molar-refractivity contribution in [3.05, 3.63) is 34.4 Å². The highest BCUT2D eigenvalue weighted by Gasteiger charge is 2.02. The smallest absolute Gasteiger partial charge is 0.0718 e. The minimum atomic E-state index is -1.10. The van der Waals surface area contributed by atoms with Crippen molar-refractivity contribution in [1.82, 2.24) is 0 Å². The summed E-state index contributed by atoms with van der Waals surface area (Å²) in [5.74, 6) is -1.10. The van der Waals surface area contributed by atoms with Crippen LogP contribution in [0.5, 0.6) is 0 Å². The molecule has 12 heavy (non-hydrogen) atoms. The summed E-state index contributed by atoms with van der Waals surface area (Å²) in [5, 5.41) is 10.6. The fraction of sp³-hybridized carbons (Fsp3) is 0.300. The standard InChI is InChI=1S/C10H12O2/c1-6-4-7(2)8(3)9(5-6)10(11)12/h4-5H,1-3H3,(H,11,12)/p-1. The number of carbonyl (C=O) groups is 1. The van der Waals surface area contributed by atoms with E-state index in [1.165, 1.54) is 0 Å².